The third kappa shape index (κ3) is 7.68. The lowest BCUT2D eigenvalue weighted by molar-refractivity contribution is -0.134. The number of nitrogen functional groups attached to an aromatic ring is 1. The average molecular weight is 752 g/mol. The summed E-state index contributed by atoms with van der Waals surface area (Å²) >= 11 is 0. The molecule has 6 heterocycles. The molecule has 8 rings (SSSR count). The van der Waals surface area contributed by atoms with E-state index in [1.165, 1.54) is 24.8 Å². The van der Waals surface area contributed by atoms with Crippen molar-refractivity contribution < 1.29 is 9.59 Å². The van der Waals surface area contributed by atoms with Crippen molar-refractivity contribution in [3.63, 3.8) is 0 Å². The summed E-state index contributed by atoms with van der Waals surface area (Å²) in [7, 11) is 0. The number of likely N-dealkylation sites (tertiary alicyclic amines) is 1. The number of nitrogens with zero attached hydrogens (tertiary/aromatic N) is 10. The highest BCUT2D eigenvalue weighted by Crippen LogP contribution is 2.38. The van der Waals surface area contributed by atoms with Gasteiger partial charge < -0.3 is 16.0 Å². The van der Waals surface area contributed by atoms with E-state index in [0.717, 1.165) is 56.6 Å². The monoisotopic (exact) mass is 751 g/mol. The first-order chi connectivity index (χ1) is 27.3. The molecule has 0 spiro atoms. The van der Waals surface area contributed by atoms with Gasteiger partial charge in [0, 0.05) is 23.8 Å². The Balaban J connectivity index is 0.844. The van der Waals surface area contributed by atoms with Gasteiger partial charge in [0.05, 0.1) is 47.5 Å². The molecule has 4 N–H and O–H groups in total. The number of carbonyl (C=O) groups excluding carboxylic acids is 2. The van der Waals surface area contributed by atoms with Gasteiger partial charge in [-0.25, -0.2) is 14.6 Å². The molecule has 2 atom stereocenters. The van der Waals surface area contributed by atoms with Crippen LogP contribution in [-0.2, 0) is 9.59 Å². The van der Waals surface area contributed by atoms with Crippen LogP contribution in [0.1, 0.15) is 105 Å². The number of hydrogen-bond acceptors (Lipinski definition) is 12. The summed E-state index contributed by atoms with van der Waals surface area (Å²) in [5, 5.41) is 38.9. The van der Waals surface area contributed by atoms with Crippen molar-refractivity contribution >= 4 is 34.4 Å². The summed E-state index contributed by atoms with van der Waals surface area (Å²) in [6.45, 7) is 5.11. The maximum Gasteiger partial charge on any atom is 0.234 e. The standard InChI is InChI=1S/C41H45N13O2/c1-25(20-42)47-34-19-37(54-40-32(22-46-54)18-31(21-43)39(44)49-40)45-23-36(34)53-24-35(50-51-53)30-4-2-26(3-5-30)12-15-52-16-13-28(14-17-52)27-6-8-29(9-7-27)33-10-11-38(55)48-41(33)56/h6-9,18-19,22-26,28,30,33H,2-5,10-17H2,1H3,(H2,44,49)(H,45,47)(H,48,55,56)/t25-,26?,30?,33?/m1/s1. The van der Waals surface area contributed by atoms with E-state index < -0.39 is 6.04 Å². The second-order valence-electron chi connectivity index (χ2n) is 15.4. The van der Waals surface area contributed by atoms with Crippen molar-refractivity contribution in [1.82, 2.24) is 45.0 Å². The predicted octanol–water partition coefficient (Wildman–Crippen LogP) is 5.24. The molecule has 15 nitrogen and oxygen atoms in total. The molecule has 3 fully saturated rings. The molecule has 0 bridgehead atoms. The Morgan fingerprint density at radius 1 is 0.982 bits per heavy atom. The summed E-state index contributed by atoms with van der Waals surface area (Å²) < 4.78 is 3.28. The van der Waals surface area contributed by atoms with Crippen LogP contribution in [0, 0.1) is 28.6 Å². The third-order valence-electron chi connectivity index (χ3n) is 11.9. The molecule has 2 aliphatic heterocycles. The largest absolute Gasteiger partial charge is 0.383 e. The van der Waals surface area contributed by atoms with Gasteiger partial charge in [-0.15, -0.1) is 5.10 Å². The van der Waals surface area contributed by atoms with Crippen LogP contribution in [0.4, 0.5) is 11.5 Å². The highest BCUT2D eigenvalue weighted by atomic mass is 16.2. The van der Waals surface area contributed by atoms with E-state index in [9.17, 15) is 20.1 Å². The van der Waals surface area contributed by atoms with Gasteiger partial charge in [-0.05, 0) is 107 Å². The quantitative estimate of drug-likeness (QED) is 0.157. The maximum absolute atomic E-state index is 12.3. The lowest BCUT2D eigenvalue weighted by Gasteiger charge is -2.34. The van der Waals surface area contributed by atoms with Crippen LogP contribution in [0.3, 0.4) is 0 Å². The number of piperidine rings is 2. The number of benzene rings is 1. The van der Waals surface area contributed by atoms with Crippen molar-refractivity contribution in [2.24, 2.45) is 5.92 Å². The highest BCUT2D eigenvalue weighted by molar-refractivity contribution is 6.00. The molecule has 4 aromatic heterocycles. The summed E-state index contributed by atoms with van der Waals surface area (Å²) in [6, 6.07) is 15.8. The molecular weight excluding hydrogens is 707 g/mol. The molecule has 56 heavy (non-hydrogen) atoms. The molecule has 3 aliphatic rings. The number of nitrogens with two attached hydrogens (primary N) is 1. The zero-order valence-corrected chi connectivity index (χ0v) is 31.4. The number of pyridine rings is 2. The van der Waals surface area contributed by atoms with Gasteiger partial charge >= 0.3 is 0 Å². The SMILES string of the molecule is C[C@H](C#N)Nc1cc(-n2ncc3cc(C#N)c(N)nc32)ncc1-n1cc(C2CCC(CCN3CCC(c4ccc(C5CCC(=O)NC5=O)cc4)CC3)CC2)nn1. The predicted molar refractivity (Wildman–Crippen MR) is 209 cm³/mol. The van der Waals surface area contributed by atoms with E-state index in [4.69, 9.17) is 5.73 Å². The second kappa shape index (κ2) is 15.9. The van der Waals surface area contributed by atoms with Crippen LogP contribution in [0.2, 0.25) is 0 Å². The topological polar surface area (TPSA) is 209 Å². The molecule has 286 valence electrons. The summed E-state index contributed by atoms with van der Waals surface area (Å²) in [4.78, 5) is 35.5. The molecule has 1 unspecified atom stereocenters. The highest BCUT2D eigenvalue weighted by Gasteiger charge is 2.29. The maximum atomic E-state index is 12.3. The molecule has 5 aromatic rings. The van der Waals surface area contributed by atoms with E-state index in [1.807, 2.05) is 12.3 Å². The Morgan fingerprint density at radius 3 is 2.48 bits per heavy atom. The third-order valence-corrected chi connectivity index (χ3v) is 11.9. The van der Waals surface area contributed by atoms with Crippen molar-refractivity contribution in [1.29, 1.82) is 10.5 Å². The molecular formula is C41H45N13O2. The Labute approximate surface area is 324 Å². The molecule has 0 radical (unpaired) electrons. The molecule has 2 amide bonds. The Morgan fingerprint density at radius 2 is 1.75 bits per heavy atom. The molecule has 15 heteroatoms. The minimum absolute atomic E-state index is 0.116. The van der Waals surface area contributed by atoms with E-state index >= 15 is 0 Å². The number of carbonyl (C=O) groups is 2. The van der Waals surface area contributed by atoms with Crippen molar-refractivity contribution in [3.8, 4) is 23.6 Å². The first-order valence-corrected chi connectivity index (χ1v) is 19.6. The fourth-order valence-corrected chi connectivity index (χ4v) is 8.54. The average Bonchev–Trinajstić information content (AvgIpc) is 3.88. The smallest absolute Gasteiger partial charge is 0.234 e. The first kappa shape index (κ1) is 36.8. The van der Waals surface area contributed by atoms with Crippen LogP contribution in [0.5, 0.6) is 0 Å². The van der Waals surface area contributed by atoms with E-state index in [0.29, 0.717) is 58.8 Å². The second-order valence-corrected chi connectivity index (χ2v) is 15.4. The number of fused-ring (bicyclic) bond motifs is 1. The van der Waals surface area contributed by atoms with Gasteiger partial charge in [-0.3, -0.25) is 14.9 Å². The van der Waals surface area contributed by atoms with E-state index in [2.05, 4.69) is 71.2 Å². The van der Waals surface area contributed by atoms with Crippen molar-refractivity contribution in [3.05, 3.63) is 77.4 Å². The fourth-order valence-electron chi connectivity index (χ4n) is 8.54. The lowest BCUT2D eigenvalue weighted by Crippen LogP contribution is -2.39. The van der Waals surface area contributed by atoms with Gasteiger partial charge in [0.25, 0.3) is 0 Å². The summed E-state index contributed by atoms with van der Waals surface area (Å²) in [6.07, 6.45) is 14.2. The Kier molecular flexibility index (Phi) is 10.4. The summed E-state index contributed by atoms with van der Waals surface area (Å²) in [5.41, 5.74) is 11.4. The minimum Gasteiger partial charge on any atom is -0.383 e. The van der Waals surface area contributed by atoms with Crippen molar-refractivity contribution in [2.75, 3.05) is 30.7 Å². The van der Waals surface area contributed by atoms with Gasteiger partial charge in [-0.2, -0.15) is 20.3 Å². The summed E-state index contributed by atoms with van der Waals surface area (Å²) in [5.74, 6) is 1.57. The number of rotatable bonds is 10. The number of nitrogens with one attached hydrogen (secondary N) is 2. The molecule has 1 aromatic carbocycles. The van der Waals surface area contributed by atoms with E-state index in [1.54, 1.807) is 40.8 Å². The van der Waals surface area contributed by atoms with Gasteiger partial charge in [-0.1, -0.05) is 29.5 Å². The lowest BCUT2D eigenvalue weighted by atomic mass is 9.79. The van der Waals surface area contributed by atoms with Crippen LogP contribution < -0.4 is 16.4 Å². The Hall–Kier alpha value is -6.19. The number of imide groups is 1. The fraction of sp³-hybridized carbons (Fsp3) is 0.439. The Bertz CT molecular complexity index is 2320. The number of aromatic nitrogens is 7. The van der Waals surface area contributed by atoms with Gasteiger partial charge in [0.2, 0.25) is 11.8 Å². The van der Waals surface area contributed by atoms with Crippen LogP contribution in [0.25, 0.3) is 22.5 Å². The number of hydrogen-bond donors (Lipinski definition) is 3. The normalized spacial score (nSPS) is 21.3. The van der Waals surface area contributed by atoms with Crippen molar-refractivity contribution in [2.45, 2.75) is 88.5 Å². The van der Waals surface area contributed by atoms with E-state index in [-0.39, 0.29) is 29.1 Å². The van der Waals surface area contributed by atoms with Crippen LogP contribution in [0.15, 0.2) is 55.0 Å². The minimum atomic E-state index is -0.485. The number of anilines is 2. The van der Waals surface area contributed by atoms with Crippen LogP contribution >= 0.6 is 0 Å². The zero-order chi connectivity index (χ0) is 38.8. The zero-order valence-electron chi connectivity index (χ0n) is 31.4. The van der Waals surface area contributed by atoms with Gasteiger partial charge in [0.15, 0.2) is 11.5 Å². The number of nitriles is 2. The van der Waals surface area contributed by atoms with Gasteiger partial charge in [0.1, 0.15) is 23.6 Å². The molecule has 1 saturated carbocycles. The van der Waals surface area contributed by atoms with Crippen LogP contribution in [-0.4, -0.2) is 77.1 Å². The number of amides is 2. The molecule has 2 saturated heterocycles. The molecule has 1 aliphatic carbocycles. The first-order valence-electron chi connectivity index (χ1n) is 19.6.